The van der Waals surface area contributed by atoms with E-state index in [0.29, 0.717) is 0 Å². The maximum Gasteiger partial charge on any atom is 0.308 e. The van der Waals surface area contributed by atoms with Gasteiger partial charge in [0.25, 0.3) is 0 Å². The number of halogens is 1. The Balaban J connectivity index is 0.00000338. The van der Waals surface area contributed by atoms with Gasteiger partial charge in [-0.2, -0.15) is 0 Å². The van der Waals surface area contributed by atoms with Crippen molar-refractivity contribution in [1.29, 1.82) is 0 Å². The van der Waals surface area contributed by atoms with E-state index in [1.54, 1.807) is 0 Å². The first kappa shape index (κ1) is 23.5. The van der Waals surface area contributed by atoms with E-state index in [9.17, 15) is 4.79 Å². The lowest BCUT2D eigenvalue weighted by molar-refractivity contribution is -0.146. The Morgan fingerprint density at radius 1 is 1.19 bits per heavy atom. The van der Waals surface area contributed by atoms with Gasteiger partial charge >= 0.3 is 5.97 Å². The second-order valence-electron chi connectivity index (χ2n) is 7.29. The van der Waals surface area contributed by atoms with Crippen LogP contribution in [0, 0.1) is 5.92 Å². The lowest BCUT2D eigenvalue weighted by Gasteiger charge is -2.33. The van der Waals surface area contributed by atoms with Crippen molar-refractivity contribution < 1.29 is 9.53 Å². The van der Waals surface area contributed by atoms with E-state index in [1.807, 2.05) is 0 Å². The van der Waals surface area contributed by atoms with Crippen LogP contribution in [0.1, 0.15) is 51.9 Å². The molecule has 2 aliphatic rings. The third-order valence-electron chi connectivity index (χ3n) is 5.58. The molecule has 2 fully saturated rings. The number of carbonyl (C=O) groups is 1. The van der Waals surface area contributed by atoms with Crippen molar-refractivity contribution in [3.05, 3.63) is 0 Å². The number of carbonyl (C=O) groups excluding carboxylic acids is 1. The molecule has 7 heteroatoms. The fourth-order valence-corrected chi connectivity index (χ4v) is 3.94. The zero-order chi connectivity index (χ0) is 18.1. The monoisotopic (exact) mass is 480 g/mol. The summed E-state index contributed by atoms with van der Waals surface area (Å²) in [6.45, 7) is 6.54. The minimum absolute atomic E-state index is 0. The standard InChI is InChI=1S/C19H36N4O2.HI/c1-4-20-19(23-13-10-16(11-14-23)18(24)25-3)21-12-15-22(2)17-8-6-5-7-9-17;/h16-17H,4-15H2,1-3H3,(H,20,21);1H. The number of methoxy groups -OCH3 is 1. The molecule has 0 bridgehead atoms. The smallest absolute Gasteiger partial charge is 0.308 e. The van der Waals surface area contributed by atoms with Crippen LogP contribution in [0.5, 0.6) is 0 Å². The molecule has 0 unspecified atom stereocenters. The molecule has 0 aromatic carbocycles. The lowest BCUT2D eigenvalue weighted by atomic mass is 9.94. The number of ether oxygens (including phenoxy) is 1. The maximum absolute atomic E-state index is 11.7. The van der Waals surface area contributed by atoms with Crippen molar-refractivity contribution >= 4 is 35.9 Å². The van der Waals surface area contributed by atoms with Gasteiger partial charge in [-0.3, -0.25) is 9.79 Å². The molecule has 0 aromatic rings. The summed E-state index contributed by atoms with van der Waals surface area (Å²) in [6, 6.07) is 0.738. The SMILES string of the molecule is CCNC(=NCCN(C)C1CCCCC1)N1CCC(C(=O)OC)CC1.I. The molecule has 1 N–H and O–H groups in total. The van der Waals surface area contributed by atoms with E-state index in [-0.39, 0.29) is 35.9 Å². The number of esters is 1. The third-order valence-corrected chi connectivity index (χ3v) is 5.58. The molecule has 0 amide bonds. The normalized spacial score (nSPS) is 20.0. The summed E-state index contributed by atoms with van der Waals surface area (Å²) in [4.78, 5) is 21.3. The summed E-state index contributed by atoms with van der Waals surface area (Å²) >= 11 is 0. The second-order valence-corrected chi connectivity index (χ2v) is 7.29. The van der Waals surface area contributed by atoms with E-state index >= 15 is 0 Å². The molecule has 1 heterocycles. The van der Waals surface area contributed by atoms with Gasteiger partial charge in [-0.15, -0.1) is 24.0 Å². The van der Waals surface area contributed by atoms with Crippen molar-refractivity contribution in [2.75, 3.05) is 46.9 Å². The summed E-state index contributed by atoms with van der Waals surface area (Å²) in [7, 11) is 3.71. The predicted molar refractivity (Wildman–Crippen MR) is 117 cm³/mol. The quantitative estimate of drug-likeness (QED) is 0.274. The largest absolute Gasteiger partial charge is 0.469 e. The molecule has 152 valence electrons. The molecule has 1 aliphatic carbocycles. The van der Waals surface area contributed by atoms with Gasteiger partial charge in [-0.05, 0) is 39.7 Å². The predicted octanol–water partition coefficient (Wildman–Crippen LogP) is 2.72. The number of nitrogens with one attached hydrogen (secondary N) is 1. The van der Waals surface area contributed by atoms with Crippen molar-refractivity contribution in [3.63, 3.8) is 0 Å². The number of guanidine groups is 1. The summed E-state index contributed by atoms with van der Waals surface area (Å²) in [5.74, 6) is 0.958. The number of hydrogen-bond acceptors (Lipinski definition) is 4. The molecular formula is C19H37IN4O2. The number of piperidine rings is 1. The minimum atomic E-state index is -0.0734. The zero-order valence-electron chi connectivity index (χ0n) is 16.7. The number of hydrogen-bond donors (Lipinski definition) is 1. The molecule has 2 rings (SSSR count). The van der Waals surface area contributed by atoms with Crippen LogP contribution in [-0.4, -0.2) is 74.7 Å². The third kappa shape index (κ3) is 7.21. The molecule has 0 radical (unpaired) electrons. The van der Waals surface area contributed by atoms with Gasteiger partial charge in [0, 0.05) is 32.2 Å². The van der Waals surface area contributed by atoms with Gasteiger partial charge in [0.1, 0.15) is 0 Å². The van der Waals surface area contributed by atoms with Gasteiger partial charge in [-0.25, -0.2) is 0 Å². The van der Waals surface area contributed by atoms with Crippen LogP contribution in [0.3, 0.4) is 0 Å². The molecule has 0 aromatic heterocycles. The Hall–Kier alpha value is -0.570. The average Bonchev–Trinajstić information content (AvgIpc) is 2.67. The van der Waals surface area contributed by atoms with E-state index in [4.69, 9.17) is 9.73 Å². The first-order chi connectivity index (χ1) is 12.2. The molecule has 1 aliphatic heterocycles. The van der Waals surface area contributed by atoms with Crippen LogP contribution in [0.4, 0.5) is 0 Å². The van der Waals surface area contributed by atoms with Crippen molar-refractivity contribution in [3.8, 4) is 0 Å². The van der Waals surface area contributed by atoms with Gasteiger partial charge in [0.15, 0.2) is 5.96 Å². The molecule has 26 heavy (non-hydrogen) atoms. The number of nitrogens with zero attached hydrogens (tertiary/aromatic N) is 3. The first-order valence-electron chi connectivity index (χ1n) is 9.97. The molecule has 0 atom stereocenters. The fraction of sp³-hybridized carbons (Fsp3) is 0.895. The van der Waals surface area contributed by atoms with Crippen LogP contribution in [0.15, 0.2) is 4.99 Å². The Labute approximate surface area is 176 Å². The number of likely N-dealkylation sites (tertiary alicyclic amines) is 1. The molecule has 1 saturated carbocycles. The molecule has 6 nitrogen and oxygen atoms in total. The molecule has 0 spiro atoms. The molecular weight excluding hydrogens is 443 g/mol. The van der Waals surface area contributed by atoms with Crippen LogP contribution < -0.4 is 5.32 Å². The highest BCUT2D eigenvalue weighted by molar-refractivity contribution is 14.0. The van der Waals surface area contributed by atoms with Crippen LogP contribution in [0.25, 0.3) is 0 Å². The average molecular weight is 480 g/mol. The van der Waals surface area contributed by atoms with Crippen LogP contribution in [0.2, 0.25) is 0 Å². The topological polar surface area (TPSA) is 57.2 Å². The van der Waals surface area contributed by atoms with E-state index in [0.717, 1.165) is 57.6 Å². The second kappa shape index (κ2) is 12.8. The van der Waals surface area contributed by atoms with Crippen LogP contribution >= 0.6 is 24.0 Å². The molecule has 1 saturated heterocycles. The van der Waals surface area contributed by atoms with Crippen LogP contribution in [-0.2, 0) is 9.53 Å². The Morgan fingerprint density at radius 3 is 2.42 bits per heavy atom. The van der Waals surface area contributed by atoms with Gasteiger partial charge in [-0.1, -0.05) is 19.3 Å². The number of aliphatic imine (C=N–C) groups is 1. The zero-order valence-corrected chi connectivity index (χ0v) is 19.0. The number of likely N-dealkylation sites (N-methyl/N-ethyl adjacent to an activating group) is 1. The van der Waals surface area contributed by atoms with Gasteiger partial charge in [0.05, 0.1) is 19.6 Å². The van der Waals surface area contributed by atoms with E-state index in [1.165, 1.54) is 39.2 Å². The first-order valence-corrected chi connectivity index (χ1v) is 9.97. The Morgan fingerprint density at radius 2 is 1.85 bits per heavy atom. The number of rotatable bonds is 6. The highest BCUT2D eigenvalue weighted by Crippen LogP contribution is 2.21. The fourth-order valence-electron chi connectivity index (χ4n) is 3.94. The van der Waals surface area contributed by atoms with Crippen molar-refractivity contribution in [1.82, 2.24) is 15.1 Å². The Bertz CT molecular complexity index is 433. The van der Waals surface area contributed by atoms with E-state index in [2.05, 4.69) is 29.1 Å². The van der Waals surface area contributed by atoms with Gasteiger partial charge in [0.2, 0.25) is 0 Å². The van der Waals surface area contributed by atoms with E-state index < -0.39 is 0 Å². The maximum atomic E-state index is 11.7. The minimum Gasteiger partial charge on any atom is -0.469 e. The summed E-state index contributed by atoms with van der Waals surface area (Å²) < 4.78 is 4.87. The summed E-state index contributed by atoms with van der Waals surface area (Å²) in [5.41, 5.74) is 0. The summed E-state index contributed by atoms with van der Waals surface area (Å²) in [6.07, 6.45) is 8.50. The highest BCUT2D eigenvalue weighted by Gasteiger charge is 2.27. The summed E-state index contributed by atoms with van der Waals surface area (Å²) in [5, 5.41) is 3.40. The van der Waals surface area contributed by atoms with Crippen molar-refractivity contribution in [2.24, 2.45) is 10.9 Å². The highest BCUT2D eigenvalue weighted by atomic mass is 127. The van der Waals surface area contributed by atoms with Crippen molar-refractivity contribution in [2.45, 2.75) is 57.9 Å². The van der Waals surface area contributed by atoms with Gasteiger partial charge < -0.3 is 19.9 Å². The Kier molecular flexibility index (Phi) is 11.5. The lowest BCUT2D eigenvalue weighted by Crippen LogP contribution is -2.47.